The number of aryl methyl sites for hydroxylation is 1. The summed E-state index contributed by atoms with van der Waals surface area (Å²) in [4.78, 5) is 22.1. The summed E-state index contributed by atoms with van der Waals surface area (Å²) in [5.74, 6) is 1.54. The number of ketones is 1. The molecule has 150 valence electrons. The summed E-state index contributed by atoms with van der Waals surface area (Å²) < 4.78 is 1.62. The van der Waals surface area contributed by atoms with E-state index in [1.807, 2.05) is 30.3 Å². The van der Waals surface area contributed by atoms with Crippen molar-refractivity contribution in [1.82, 2.24) is 19.6 Å². The SMILES string of the molecule is Cc1cccc([C@@H]2CC(=O)c3cn4nc(SCc5ccc(Cl)cc5)nc4nc3C2)c1. The Morgan fingerprint density at radius 1 is 1.13 bits per heavy atom. The number of hydrogen-bond acceptors (Lipinski definition) is 5. The van der Waals surface area contributed by atoms with Crippen molar-refractivity contribution in [2.75, 3.05) is 0 Å². The van der Waals surface area contributed by atoms with Crippen molar-refractivity contribution in [2.45, 2.75) is 36.6 Å². The molecule has 30 heavy (non-hydrogen) atoms. The molecule has 0 spiro atoms. The minimum absolute atomic E-state index is 0.114. The fraction of sp³-hybridized carbons (Fsp3) is 0.217. The van der Waals surface area contributed by atoms with Gasteiger partial charge in [0.05, 0.1) is 11.3 Å². The van der Waals surface area contributed by atoms with Gasteiger partial charge in [-0.25, -0.2) is 9.50 Å². The number of nitrogens with zero attached hydrogens (tertiary/aromatic N) is 4. The van der Waals surface area contributed by atoms with Crippen molar-refractivity contribution >= 4 is 34.9 Å². The van der Waals surface area contributed by atoms with Gasteiger partial charge in [0.15, 0.2) is 5.78 Å². The molecule has 4 aromatic rings. The van der Waals surface area contributed by atoms with E-state index in [0.717, 1.165) is 28.5 Å². The van der Waals surface area contributed by atoms with Crippen LogP contribution in [0.2, 0.25) is 5.02 Å². The van der Waals surface area contributed by atoms with Crippen molar-refractivity contribution in [3.63, 3.8) is 0 Å². The van der Waals surface area contributed by atoms with Gasteiger partial charge in [0, 0.05) is 23.4 Å². The average molecular weight is 435 g/mol. The number of halogens is 1. The lowest BCUT2D eigenvalue weighted by molar-refractivity contribution is 0.0962. The maximum Gasteiger partial charge on any atom is 0.253 e. The first-order chi connectivity index (χ1) is 14.5. The van der Waals surface area contributed by atoms with Crippen molar-refractivity contribution in [3.05, 3.63) is 87.7 Å². The van der Waals surface area contributed by atoms with E-state index in [9.17, 15) is 4.79 Å². The molecule has 1 atom stereocenters. The monoisotopic (exact) mass is 434 g/mol. The van der Waals surface area contributed by atoms with Crippen LogP contribution < -0.4 is 0 Å². The Morgan fingerprint density at radius 2 is 1.97 bits per heavy atom. The zero-order chi connectivity index (χ0) is 20.7. The van der Waals surface area contributed by atoms with Crippen molar-refractivity contribution in [1.29, 1.82) is 0 Å². The van der Waals surface area contributed by atoms with Gasteiger partial charge in [-0.2, -0.15) is 4.98 Å². The van der Waals surface area contributed by atoms with Crippen LogP contribution in [0, 0.1) is 6.92 Å². The second-order valence-electron chi connectivity index (χ2n) is 7.60. The highest BCUT2D eigenvalue weighted by Gasteiger charge is 2.28. The zero-order valence-electron chi connectivity index (χ0n) is 16.4. The third-order valence-corrected chi connectivity index (χ3v) is 6.52. The summed E-state index contributed by atoms with van der Waals surface area (Å²) >= 11 is 7.48. The van der Waals surface area contributed by atoms with Gasteiger partial charge in [0.2, 0.25) is 5.16 Å². The summed E-state index contributed by atoms with van der Waals surface area (Å²) in [6, 6.07) is 16.1. The lowest BCUT2D eigenvalue weighted by atomic mass is 9.82. The first-order valence-corrected chi connectivity index (χ1v) is 11.1. The van der Waals surface area contributed by atoms with Gasteiger partial charge in [-0.3, -0.25) is 4.79 Å². The van der Waals surface area contributed by atoms with Crippen molar-refractivity contribution < 1.29 is 4.79 Å². The molecule has 2 aromatic carbocycles. The van der Waals surface area contributed by atoms with Crippen LogP contribution in [0.3, 0.4) is 0 Å². The number of hydrogen-bond donors (Lipinski definition) is 0. The van der Waals surface area contributed by atoms with E-state index in [2.05, 4.69) is 40.2 Å². The lowest BCUT2D eigenvalue weighted by Gasteiger charge is -2.23. The molecule has 0 N–H and O–H groups in total. The maximum absolute atomic E-state index is 12.8. The molecule has 2 aromatic heterocycles. The van der Waals surface area contributed by atoms with Crippen LogP contribution in [-0.2, 0) is 12.2 Å². The number of fused-ring (bicyclic) bond motifs is 2. The molecule has 0 saturated heterocycles. The van der Waals surface area contributed by atoms with E-state index in [1.54, 1.807) is 10.7 Å². The van der Waals surface area contributed by atoms with Crippen molar-refractivity contribution in [3.8, 4) is 0 Å². The molecular weight excluding hydrogens is 416 g/mol. The Morgan fingerprint density at radius 3 is 2.77 bits per heavy atom. The van der Waals surface area contributed by atoms with Crippen molar-refractivity contribution in [2.24, 2.45) is 0 Å². The smallest absolute Gasteiger partial charge is 0.253 e. The van der Waals surface area contributed by atoms with Crippen LogP contribution in [0.5, 0.6) is 0 Å². The predicted octanol–water partition coefficient (Wildman–Crippen LogP) is 5.29. The van der Waals surface area contributed by atoms with Crippen LogP contribution in [-0.4, -0.2) is 25.4 Å². The molecular formula is C23H19ClN4OS. The van der Waals surface area contributed by atoms with Crippen LogP contribution in [0.25, 0.3) is 5.78 Å². The average Bonchev–Trinajstić information content (AvgIpc) is 3.14. The molecule has 1 aliphatic carbocycles. The molecule has 2 heterocycles. The van der Waals surface area contributed by atoms with Gasteiger partial charge in [-0.05, 0) is 42.5 Å². The molecule has 0 fully saturated rings. The Labute approximate surface area is 183 Å². The molecule has 0 saturated carbocycles. The minimum atomic E-state index is 0.114. The molecule has 1 aliphatic rings. The summed E-state index contributed by atoms with van der Waals surface area (Å²) in [6.45, 7) is 2.07. The number of carbonyl (C=O) groups is 1. The quantitative estimate of drug-likeness (QED) is 0.408. The van der Waals surface area contributed by atoms with Crippen LogP contribution in [0.1, 0.15) is 45.1 Å². The Kier molecular flexibility index (Phi) is 5.05. The van der Waals surface area contributed by atoms with Crippen LogP contribution in [0.4, 0.5) is 0 Å². The number of carbonyl (C=O) groups excluding carboxylic acids is 1. The summed E-state index contributed by atoms with van der Waals surface area (Å²) in [5, 5.41) is 5.87. The first kappa shape index (κ1) is 19.3. The Bertz CT molecular complexity index is 1250. The maximum atomic E-state index is 12.8. The first-order valence-electron chi connectivity index (χ1n) is 9.78. The molecule has 0 radical (unpaired) electrons. The number of Topliss-reactive ketones (excluding diaryl/α,β-unsaturated/α-hetero) is 1. The highest BCUT2D eigenvalue weighted by molar-refractivity contribution is 7.98. The van der Waals surface area contributed by atoms with Gasteiger partial charge in [0.1, 0.15) is 0 Å². The van der Waals surface area contributed by atoms with E-state index in [1.165, 1.54) is 22.9 Å². The van der Waals surface area contributed by atoms with Crippen LogP contribution in [0.15, 0.2) is 59.9 Å². The molecule has 0 bridgehead atoms. The molecule has 7 heteroatoms. The highest BCUT2D eigenvalue weighted by Crippen LogP contribution is 2.32. The minimum Gasteiger partial charge on any atom is -0.294 e. The lowest BCUT2D eigenvalue weighted by Crippen LogP contribution is -2.21. The number of thioether (sulfide) groups is 1. The molecule has 5 rings (SSSR count). The highest BCUT2D eigenvalue weighted by atomic mass is 35.5. The largest absolute Gasteiger partial charge is 0.294 e. The molecule has 5 nitrogen and oxygen atoms in total. The van der Waals surface area contributed by atoms with Gasteiger partial charge >= 0.3 is 0 Å². The second-order valence-corrected chi connectivity index (χ2v) is 8.98. The third-order valence-electron chi connectivity index (χ3n) is 5.36. The summed E-state index contributed by atoms with van der Waals surface area (Å²) in [7, 11) is 0. The van der Waals surface area contributed by atoms with Gasteiger partial charge < -0.3 is 0 Å². The topological polar surface area (TPSA) is 60.2 Å². The molecule has 0 amide bonds. The van der Waals surface area contributed by atoms with Crippen LogP contribution >= 0.6 is 23.4 Å². The van der Waals surface area contributed by atoms with Gasteiger partial charge in [0.25, 0.3) is 5.78 Å². The Hall–Kier alpha value is -2.70. The second kappa shape index (κ2) is 7.85. The Balaban J connectivity index is 1.40. The molecule has 0 aliphatic heterocycles. The fourth-order valence-corrected chi connectivity index (χ4v) is 4.72. The zero-order valence-corrected chi connectivity index (χ0v) is 18.0. The fourth-order valence-electron chi connectivity index (χ4n) is 3.81. The van der Waals surface area contributed by atoms with E-state index in [4.69, 9.17) is 11.6 Å². The third kappa shape index (κ3) is 3.85. The summed E-state index contributed by atoms with van der Waals surface area (Å²) in [5.41, 5.74) is 5.01. The van der Waals surface area contributed by atoms with Gasteiger partial charge in [-0.1, -0.05) is 65.3 Å². The van der Waals surface area contributed by atoms with E-state index in [-0.39, 0.29) is 11.7 Å². The van der Waals surface area contributed by atoms with E-state index in [0.29, 0.717) is 22.9 Å². The number of benzene rings is 2. The van der Waals surface area contributed by atoms with E-state index < -0.39 is 0 Å². The van der Waals surface area contributed by atoms with E-state index >= 15 is 0 Å². The van der Waals surface area contributed by atoms with Gasteiger partial charge in [-0.15, -0.1) is 5.10 Å². The normalized spacial score (nSPS) is 16.1. The predicted molar refractivity (Wildman–Crippen MR) is 118 cm³/mol. The standard InChI is InChI=1S/C23H19ClN4OS/c1-14-3-2-4-16(9-14)17-10-20-19(21(29)11-17)12-28-22(25-20)26-23(27-28)30-13-15-5-7-18(24)8-6-15/h2-9,12,17H,10-11,13H2,1H3/t17-/m0/s1. The number of aromatic nitrogens is 4. The summed E-state index contributed by atoms with van der Waals surface area (Å²) in [6.07, 6.45) is 3.02. The number of rotatable bonds is 4. The molecule has 0 unspecified atom stereocenters.